The molecule has 0 saturated carbocycles. The smallest absolute Gasteiger partial charge is 0.253 e. The van der Waals surface area contributed by atoms with Crippen LogP contribution in [0.1, 0.15) is 23.2 Å². The van der Waals surface area contributed by atoms with Crippen molar-refractivity contribution in [2.75, 3.05) is 18.4 Å². The quantitative estimate of drug-likeness (QED) is 0.739. The minimum absolute atomic E-state index is 0.0331. The molecule has 1 fully saturated rings. The molecular formula is C22H21FN4O2. The largest absolute Gasteiger partial charge is 0.339 e. The van der Waals surface area contributed by atoms with E-state index in [1.54, 1.807) is 17.4 Å². The average molecular weight is 392 g/mol. The molecule has 0 bridgehead atoms. The summed E-state index contributed by atoms with van der Waals surface area (Å²) >= 11 is 0. The molecule has 0 unspecified atom stereocenters. The summed E-state index contributed by atoms with van der Waals surface area (Å²) in [6.45, 7) is 1.02. The van der Waals surface area contributed by atoms with Crippen molar-refractivity contribution in [1.82, 2.24) is 14.5 Å². The van der Waals surface area contributed by atoms with Gasteiger partial charge in [-0.05, 0) is 61.4 Å². The first-order chi connectivity index (χ1) is 14.1. The van der Waals surface area contributed by atoms with Crippen molar-refractivity contribution in [1.29, 1.82) is 0 Å². The van der Waals surface area contributed by atoms with Crippen LogP contribution in [0.2, 0.25) is 0 Å². The third kappa shape index (κ3) is 4.34. The molecule has 1 aliphatic heterocycles. The molecule has 1 saturated heterocycles. The highest BCUT2D eigenvalue weighted by Gasteiger charge is 2.27. The topological polar surface area (TPSA) is 67.2 Å². The van der Waals surface area contributed by atoms with Gasteiger partial charge in [0.1, 0.15) is 5.82 Å². The number of nitrogens with zero attached hydrogens (tertiary/aromatic N) is 3. The van der Waals surface area contributed by atoms with Crippen LogP contribution in [0, 0.1) is 11.7 Å². The van der Waals surface area contributed by atoms with E-state index in [9.17, 15) is 14.0 Å². The molecule has 29 heavy (non-hydrogen) atoms. The number of carbonyl (C=O) groups is 2. The number of carbonyl (C=O) groups excluding carboxylic acids is 2. The third-order valence-electron chi connectivity index (χ3n) is 5.18. The summed E-state index contributed by atoms with van der Waals surface area (Å²) in [6, 6.07) is 13.1. The van der Waals surface area contributed by atoms with Crippen LogP contribution in [0.3, 0.4) is 0 Å². The Kier molecular flexibility index (Phi) is 5.37. The van der Waals surface area contributed by atoms with Gasteiger partial charge in [-0.3, -0.25) is 9.59 Å². The summed E-state index contributed by atoms with van der Waals surface area (Å²) in [7, 11) is 0. The van der Waals surface area contributed by atoms with E-state index in [1.807, 2.05) is 35.0 Å². The second-order valence-corrected chi connectivity index (χ2v) is 7.08. The van der Waals surface area contributed by atoms with Crippen molar-refractivity contribution in [3.8, 4) is 5.69 Å². The van der Waals surface area contributed by atoms with Gasteiger partial charge in [-0.25, -0.2) is 9.37 Å². The Hall–Kier alpha value is -3.48. The molecule has 1 aromatic heterocycles. The number of halogens is 1. The Morgan fingerprint density at radius 3 is 2.31 bits per heavy atom. The molecule has 148 valence electrons. The molecule has 2 heterocycles. The minimum atomic E-state index is -0.366. The van der Waals surface area contributed by atoms with Crippen LogP contribution in [0.4, 0.5) is 10.1 Å². The van der Waals surface area contributed by atoms with Crippen LogP contribution in [0.5, 0.6) is 0 Å². The first kappa shape index (κ1) is 18.9. The van der Waals surface area contributed by atoms with Gasteiger partial charge in [-0.15, -0.1) is 0 Å². The van der Waals surface area contributed by atoms with E-state index in [4.69, 9.17) is 0 Å². The van der Waals surface area contributed by atoms with Gasteiger partial charge in [0.15, 0.2) is 0 Å². The fraction of sp³-hybridized carbons (Fsp3) is 0.227. The summed E-state index contributed by atoms with van der Waals surface area (Å²) in [5, 5.41) is 2.96. The molecule has 1 N–H and O–H groups in total. The van der Waals surface area contributed by atoms with Crippen LogP contribution in [-0.4, -0.2) is 39.4 Å². The van der Waals surface area contributed by atoms with Gasteiger partial charge < -0.3 is 14.8 Å². The maximum atomic E-state index is 13.0. The van der Waals surface area contributed by atoms with E-state index in [0.29, 0.717) is 31.5 Å². The number of likely N-dealkylation sites (tertiary alicyclic amines) is 1. The summed E-state index contributed by atoms with van der Waals surface area (Å²) in [5.41, 5.74) is 2.17. The van der Waals surface area contributed by atoms with E-state index < -0.39 is 0 Å². The molecule has 3 aromatic rings. The van der Waals surface area contributed by atoms with Crippen LogP contribution in [0.15, 0.2) is 67.3 Å². The molecular weight excluding hydrogens is 371 g/mol. The predicted molar refractivity (Wildman–Crippen MR) is 107 cm³/mol. The molecule has 0 spiro atoms. The lowest BCUT2D eigenvalue weighted by atomic mass is 9.95. The highest BCUT2D eigenvalue weighted by Crippen LogP contribution is 2.22. The van der Waals surface area contributed by atoms with Gasteiger partial charge in [0.05, 0.1) is 6.33 Å². The van der Waals surface area contributed by atoms with Crippen LogP contribution < -0.4 is 5.32 Å². The predicted octanol–water partition coefficient (Wildman–Crippen LogP) is 3.50. The fourth-order valence-corrected chi connectivity index (χ4v) is 3.49. The first-order valence-corrected chi connectivity index (χ1v) is 9.54. The number of anilines is 1. The Balaban J connectivity index is 1.31. The van der Waals surface area contributed by atoms with E-state index in [0.717, 1.165) is 11.4 Å². The molecule has 6 nitrogen and oxygen atoms in total. The van der Waals surface area contributed by atoms with Crippen molar-refractivity contribution in [3.63, 3.8) is 0 Å². The van der Waals surface area contributed by atoms with Crippen molar-refractivity contribution < 1.29 is 14.0 Å². The molecule has 1 aliphatic rings. The zero-order valence-electron chi connectivity index (χ0n) is 15.8. The highest BCUT2D eigenvalue weighted by molar-refractivity contribution is 5.95. The fourth-order valence-electron chi connectivity index (χ4n) is 3.49. The molecule has 0 atom stereocenters. The number of amides is 2. The lowest BCUT2D eigenvalue weighted by molar-refractivity contribution is -0.121. The molecule has 4 rings (SSSR count). The standard InChI is InChI=1S/C22H21FN4O2/c23-18-3-1-17(2-4-18)22(29)26-12-9-16(10-13-26)21(28)25-19-5-7-20(8-6-19)27-14-11-24-15-27/h1-8,11,14-16H,9-10,12-13H2,(H,25,28). The van der Waals surface area contributed by atoms with Gasteiger partial charge in [0.25, 0.3) is 5.91 Å². The summed E-state index contributed by atoms with van der Waals surface area (Å²) in [5.74, 6) is -0.663. The second kappa shape index (κ2) is 8.26. The lowest BCUT2D eigenvalue weighted by Crippen LogP contribution is -2.41. The van der Waals surface area contributed by atoms with Crippen molar-refractivity contribution >= 4 is 17.5 Å². The number of hydrogen-bond donors (Lipinski definition) is 1. The number of hydrogen-bond acceptors (Lipinski definition) is 3. The zero-order chi connectivity index (χ0) is 20.2. The van der Waals surface area contributed by atoms with Gasteiger partial charge in [0.2, 0.25) is 5.91 Å². The lowest BCUT2D eigenvalue weighted by Gasteiger charge is -2.31. The normalized spacial score (nSPS) is 14.6. The van der Waals surface area contributed by atoms with Gasteiger partial charge in [-0.2, -0.15) is 0 Å². The third-order valence-corrected chi connectivity index (χ3v) is 5.18. The second-order valence-electron chi connectivity index (χ2n) is 7.08. The molecule has 0 aliphatic carbocycles. The molecule has 7 heteroatoms. The Morgan fingerprint density at radius 1 is 1.00 bits per heavy atom. The minimum Gasteiger partial charge on any atom is -0.339 e. The summed E-state index contributed by atoms with van der Waals surface area (Å²) in [4.78, 5) is 30.8. The summed E-state index contributed by atoms with van der Waals surface area (Å²) < 4.78 is 14.9. The Morgan fingerprint density at radius 2 is 1.69 bits per heavy atom. The monoisotopic (exact) mass is 392 g/mol. The van der Waals surface area contributed by atoms with Crippen LogP contribution >= 0.6 is 0 Å². The average Bonchev–Trinajstić information content (AvgIpc) is 3.29. The van der Waals surface area contributed by atoms with E-state index >= 15 is 0 Å². The highest BCUT2D eigenvalue weighted by atomic mass is 19.1. The molecule has 0 radical (unpaired) electrons. The van der Waals surface area contributed by atoms with Crippen LogP contribution in [-0.2, 0) is 4.79 Å². The van der Waals surface area contributed by atoms with E-state index in [-0.39, 0.29) is 23.5 Å². The van der Waals surface area contributed by atoms with E-state index in [2.05, 4.69) is 10.3 Å². The maximum Gasteiger partial charge on any atom is 0.253 e. The van der Waals surface area contributed by atoms with Crippen molar-refractivity contribution in [2.24, 2.45) is 5.92 Å². The Bertz CT molecular complexity index is 977. The van der Waals surface area contributed by atoms with Crippen LogP contribution in [0.25, 0.3) is 5.69 Å². The summed E-state index contributed by atoms with van der Waals surface area (Å²) in [6.07, 6.45) is 6.49. The Labute approximate surface area is 168 Å². The molecule has 2 amide bonds. The van der Waals surface area contributed by atoms with Gasteiger partial charge in [-0.1, -0.05) is 0 Å². The van der Waals surface area contributed by atoms with Gasteiger partial charge >= 0.3 is 0 Å². The number of aromatic nitrogens is 2. The number of rotatable bonds is 4. The SMILES string of the molecule is O=C(Nc1ccc(-n2ccnc2)cc1)C1CCN(C(=O)c2ccc(F)cc2)CC1. The number of imidazole rings is 1. The van der Waals surface area contributed by atoms with E-state index in [1.165, 1.54) is 24.3 Å². The first-order valence-electron chi connectivity index (χ1n) is 9.54. The maximum absolute atomic E-state index is 13.0. The zero-order valence-corrected chi connectivity index (χ0v) is 15.8. The van der Waals surface area contributed by atoms with Gasteiger partial charge in [0, 0.05) is 48.3 Å². The number of nitrogens with one attached hydrogen (secondary N) is 1. The molecule has 2 aromatic carbocycles. The number of piperidine rings is 1. The van der Waals surface area contributed by atoms with Crippen molar-refractivity contribution in [3.05, 3.63) is 78.6 Å². The van der Waals surface area contributed by atoms with Crippen molar-refractivity contribution in [2.45, 2.75) is 12.8 Å². The number of benzene rings is 2.